The molecule has 6 nitrogen and oxygen atoms in total. The Balaban J connectivity index is 1.95. The molecule has 1 aliphatic heterocycles. The maximum Gasteiger partial charge on any atom is 0.270 e. The largest absolute Gasteiger partial charge is 0.296 e. The molecule has 0 spiro atoms. The first-order valence-electron chi connectivity index (χ1n) is 6.34. The third-order valence-corrected chi connectivity index (χ3v) is 3.75. The van der Waals surface area contributed by atoms with Crippen molar-refractivity contribution in [1.82, 2.24) is 9.80 Å². The SMILES string of the molecule is N#CCN1CCN(Cc2ccc([N+](=O)[O-])cc2Cl)CC1. The summed E-state index contributed by atoms with van der Waals surface area (Å²) in [5.74, 6) is 0. The van der Waals surface area contributed by atoms with Crippen LogP contribution in [0.2, 0.25) is 5.02 Å². The lowest BCUT2D eigenvalue weighted by molar-refractivity contribution is -0.384. The maximum absolute atomic E-state index is 10.7. The van der Waals surface area contributed by atoms with Gasteiger partial charge in [0.25, 0.3) is 5.69 Å². The Morgan fingerprint density at radius 2 is 1.95 bits per heavy atom. The molecule has 0 saturated carbocycles. The molecule has 1 saturated heterocycles. The fraction of sp³-hybridized carbons (Fsp3) is 0.462. The first-order chi connectivity index (χ1) is 9.60. The Kier molecular flexibility index (Phi) is 4.90. The number of piperazine rings is 1. The van der Waals surface area contributed by atoms with Crippen molar-refractivity contribution in [3.63, 3.8) is 0 Å². The molecule has 0 aliphatic carbocycles. The number of benzene rings is 1. The number of hydrogen-bond acceptors (Lipinski definition) is 5. The third kappa shape index (κ3) is 3.67. The number of nitro benzene ring substituents is 1. The van der Waals surface area contributed by atoms with Crippen molar-refractivity contribution in [2.45, 2.75) is 6.54 Å². The Bertz CT molecular complexity index is 536. The van der Waals surface area contributed by atoms with Gasteiger partial charge in [0.1, 0.15) is 0 Å². The van der Waals surface area contributed by atoms with Crippen molar-refractivity contribution in [3.8, 4) is 6.07 Å². The quantitative estimate of drug-likeness (QED) is 0.482. The van der Waals surface area contributed by atoms with Gasteiger partial charge in [-0.3, -0.25) is 19.9 Å². The van der Waals surface area contributed by atoms with Gasteiger partial charge in [0.05, 0.1) is 22.6 Å². The van der Waals surface area contributed by atoms with E-state index in [1.54, 1.807) is 6.07 Å². The summed E-state index contributed by atoms with van der Waals surface area (Å²) in [4.78, 5) is 14.6. The number of nitro groups is 1. The normalized spacial score (nSPS) is 16.8. The lowest BCUT2D eigenvalue weighted by atomic mass is 10.1. The van der Waals surface area contributed by atoms with E-state index >= 15 is 0 Å². The molecule has 1 aliphatic rings. The second-order valence-electron chi connectivity index (χ2n) is 4.74. The third-order valence-electron chi connectivity index (χ3n) is 3.40. The van der Waals surface area contributed by atoms with Crippen LogP contribution in [-0.4, -0.2) is 47.4 Å². The number of rotatable bonds is 4. The highest BCUT2D eigenvalue weighted by Crippen LogP contribution is 2.23. The van der Waals surface area contributed by atoms with Crippen LogP contribution in [0.4, 0.5) is 5.69 Å². The first-order valence-corrected chi connectivity index (χ1v) is 6.72. The molecule has 1 aromatic rings. The molecule has 1 aromatic carbocycles. The molecule has 0 aromatic heterocycles. The summed E-state index contributed by atoms with van der Waals surface area (Å²) >= 11 is 6.09. The molecule has 106 valence electrons. The molecule has 0 bridgehead atoms. The number of nitriles is 1. The molecule has 7 heteroatoms. The summed E-state index contributed by atoms with van der Waals surface area (Å²) in [5, 5.41) is 19.7. The van der Waals surface area contributed by atoms with E-state index in [2.05, 4.69) is 15.9 Å². The van der Waals surface area contributed by atoms with Crippen LogP contribution in [0.25, 0.3) is 0 Å². The molecule has 1 heterocycles. The topological polar surface area (TPSA) is 73.4 Å². The van der Waals surface area contributed by atoms with E-state index in [4.69, 9.17) is 16.9 Å². The molecule has 0 atom stereocenters. The lowest BCUT2D eigenvalue weighted by Crippen LogP contribution is -2.45. The highest BCUT2D eigenvalue weighted by molar-refractivity contribution is 6.31. The van der Waals surface area contributed by atoms with E-state index in [1.807, 2.05) is 0 Å². The van der Waals surface area contributed by atoms with Crippen LogP contribution >= 0.6 is 11.6 Å². The fourth-order valence-electron chi connectivity index (χ4n) is 2.22. The number of non-ortho nitro benzene ring substituents is 1. The molecule has 2 rings (SSSR count). The molecule has 0 amide bonds. The van der Waals surface area contributed by atoms with Crippen molar-refractivity contribution < 1.29 is 4.92 Å². The second kappa shape index (κ2) is 6.66. The fourth-order valence-corrected chi connectivity index (χ4v) is 2.46. The predicted molar refractivity (Wildman–Crippen MR) is 75.4 cm³/mol. The minimum Gasteiger partial charge on any atom is -0.296 e. The summed E-state index contributed by atoms with van der Waals surface area (Å²) in [6.45, 7) is 4.60. The standard InChI is InChI=1S/C13H15ClN4O2/c14-13-9-12(18(19)20)2-1-11(13)10-17-7-5-16(4-3-15)6-8-17/h1-2,9H,4-8,10H2. The number of hydrogen-bond donors (Lipinski definition) is 0. The number of nitrogens with zero attached hydrogens (tertiary/aromatic N) is 4. The zero-order valence-electron chi connectivity index (χ0n) is 11.0. The van der Waals surface area contributed by atoms with Crippen LogP contribution in [-0.2, 0) is 6.54 Å². The molecular formula is C13H15ClN4O2. The Morgan fingerprint density at radius 3 is 2.50 bits per heavy atom. The van der Waals surface area contributed by atoms with Crippen molar-refractivity contribution in [2.75, 3.05) is 32.7 Å². The highest BCUT2D eigenvalue weighted by Gasteiger charge is 2.18. The molecule has 1 fully saturated rings. The molecule has 0 radical (unpaired) electrons. The van der Waals surface area contributed by atoms with Crippen LogP contribution in [0.3, 0.4) is 0 Å². The Labute approximate surface area is 122 Å². The van der Waals surface area contributed by atoms with Crippen molar-refractivity contribution in [1.29, 1.82) is 5.26 Å². The lowest BCUT2D eigenvalue weighted by Gasteiger charge is -2.33. The second-order valence-corrected chi connectivity index (χ2v) is 5.15. The van der Waals surface area contributed by atoms with Gasteiger partial charge in [-0.25, -0.2) is 0 Å². The van der Waals surface area contributed by atoms with Gasteiger partial charge in [0.2, 0.25) is 0 Å². The van der Waals surface area contributed by atoms with E-state index in [0.717, 1.165) is 31.7 Å². The minimum atomic E-state index is -0.448. The van der Waals surface area contributed by atoms with Crippen LogP contribution in [0, 0.1) is 21.4 Å². The van der Waals surface area contributed by atoms with Gasteiger partial charge in [0, 0.05) is 44.9 Å². The van der Waals surface area contributed by atoms with Gasteiger partial charge in [-0.15, -0.1) is 0 Å². The van der Waals surface area contributed by atoms with Crippen molar-refractivity contribution in [3.05, 3.63) is 38.9 Å². The van der Waals surface area contributed by atoms with Crippen LogP contribution in [0.15, 0.2) is 18.2 Å². The van der Waals surface area contributed by atoms with E-state index in [0.29, 0.717) is 18.1 Å². The number of halogens is 1. The summed E-state index contributed by atoms with van der Waals surface area (Å²) in [6, 6.07) is 6.73. The predicted octanol–water partition coefficient (Wildman–Crippen LogP) is 1.89. The summed E-state index contributed by atoms with van der Waals surface area (Å²) < 4.78 is 0. The highest BCUT2D eigenvalue weighted by atomic mass is 35.5. The van der Waals surface area contributed by atoms with E-state index < -0.39 is 4.92 Å². The van der Waals surface area contributed by atoms with Crippen molar-refractivity contribution >= 4 is 17.3 Å². The van der Waals surface area contributed by atoms with Gasteiger partial charge in [-0.1, -0.05) is 11.6 Å². The Morgan fingerprint density at radius 1 is 1.30 bits per heavy atom. The average molecular weight is 295 g/mol. The van der Waals surface area contributed by atoms with Gasteiger partial charge < -0.3 is 0 Å². The van der Waals surface area contributed by atoms with E-state index in [9.17, 15) is 10.1 Å². The molecule has 0 unspecified atom stereocenters. The monoisotopic (exact) mass is 294 g/mol. The van der Waals surface area contributed by atoms with Crippen LogP contribution in [0.1, 0.15) is 5.56 Å². The summed E-state index contributed by atoms with van der Waals surface area (Å²) in [5.41, 5.74) is 0.906. The average Bonchev–Trinajstić information content (AvgIpc) is 2.43. The van der Waals surface area contributed by atoms with Crippen LogP contribution in [0.5, 0.6) is 0 Å². The summed E-state index contributed by atoms with van der Waals surface area (Å²) in [6.07, 6.45) is 0. The first kappa shape index (κ1) is 14.7. The molecule has 0 N–H and O–H groups in total. The zero-order valence-corrected chi connectivity index (χ0v) is 11.7. The van der Waals surface area contributed by atoms with Gasteiger partial charge in [0.15, 0.2) is 0 Å². The maximum atomic E-state index is 10.7. The van der Waals surface area contributed by atoms with E-state index in [1.165, 1.54) is 12.1 Å². The smallest absolute Gasteiger partial charge is 0.270 e. The minimum absolute atomic E-state index is 0.0117. The van der Waals surface area contributed by atoms with Crippen molar-refractivity contribution in [2.24, 2.45) is 0 Å². The van der Waals surface area contributed by atoms with Crippen LogP contribution < -0.4 is 0 Å². The Hall–Kier alpha value is -1.68. The van der Waals surface area contributed by atoms with Gasteiger partial charge in [-0.05, 0) is 11.6 Å². The summed E-state index contributed by atoms with van der Waals surface area (Å²) in [7, 11) is 0. The van der Waals surface area contributed by atoms with Gasteiger partial charge in [-0.2, -0.15) is 5.26 Å². The van der Waals surface area contributed by atoms with Gasteiger partial charge >= 0.3 is 0 Å². The molecule has 20 heavy (non-hydrogen) atoms. The van der Waals surface area contributed by atoms with E-state index in [-0.39, 0.29) is 5.69 Å². The zero-order chi connectivity index (χ0) is 14.5. The molecular weight excluding hydrogens is 280 g/mol.